The van der Waals surface area contributed by atoms with E-state index in [0.717, 1.165) is 32.4 Å². The molecule has 0 aromatic carbocycles. The lowest BCUT2D eigenvalue weighted by Crippen LogP contribution is -2.53. The second-order valence-corrected chi connectivity index (χ2v) is 5.91. The number of carbonyl (C=O) groups excluding carboxylic acids is 1. The summed E-state index contributed by atoms with van der Waals surface area (Å²) in [5, 5.41) is 2.07. The maximum atomic E-state index is 12.3. The van der Waals surface area contributed by atoms with Gasteiger partial charge < -0.3 is 10.6 Å². The average Bonchev–Trinajstić information content (AvgIpc) is 2.82. The number of nitrogens with two attached hydrogens (primary N) is 1. The molecule has 0 bridgehead atoms. The maximum absolute atomic E-state index is 12.3. The van der Waals surface area contributed by atoms with Gasteiger partial charge in [0.25, 0.3) is 0 Å². The van der Waals surface area contributed by atoms with Gasteiger partial charge in [-0.2, -0.15) is 0 Å². The molecule has 0 spiro atoms. The van der Waals surface area contributed by atoms with Gasteiger partial charge in [0.2, 0.25) is 5.91 Å². The van der Waals surface area contributed by atoms with Crippen molar-refractivity contribution in [3.05, 3.63) is 22.4 Å². The van der Waals surface area contributed by atoms with E-state index in [4.69, 9.17) is 5.73 Å². The monoisotopic (exact) mass is 268 g/mol. The van der Waals surface area contributed by atoms with Crippen molar-refractivity contribution < 1.29 is 4.79 Å². The molecule has 1 aromatic heterocycles. The van der Waals surface area contributed by atoms with Gasteiger partial charge in [0, 0.05) is 18.0 Å². The first-order valence-electron chi connectivity index (χ1n) is 6.62. The first-order chi connectivity index (χ1) is 8.51. The van der Waals surface area contributed by atoms with Crippen molar-refractivity contribution in [3.63, 3.8) is 0 Å². The topological polar surface area (TPSA) is 46.3 Å². The summed E-state index contributed by atoms with van der Waals surface area (Å²) < 4.78 is 0. The van der Waals surface area contributed by atoms with Crippen molar-refractivity contribution >= 4 is 17.2 Å². The Labute approximate surface area is 114 Å². The highest BCUT2D eigenvalue weighted by Gasteiger charge is 2.30. The van der Waals surface area contributed by atoms with Crippen molar-refractivity contribution in [2.24, 2.45) is 5.73 Å². The molecule has 0 aliphatic rings. The smallest absolute Gasteiger partial charge is 0.242 e. The van der Waals surface area contributed by atoms with E-state index in [2.05, 4.69) is 18.4 Å². The molecule has 3 nitrogen and oxygen atoms in total. The molecule has 0 fully saturated rings. The average molecular weight is 268 g/mol. The van der Waals surface area contributed by atoms with Crippen LogP contribution in [-0.2, 0) is 11.2 Å². The lowest BCUT2D eigenvalue weighted by atomic mass is 9.95. The van der Waals surface area contributed by atoms with E-state index < -0.39 is 5.54 Å². The molecule has 1 unspecified atom stereocenters. The molecule has 1 rings (SSSR count). The number of amides is 1. The van der Waals surface area contributed by atoms with Crippen molar-refractivity contribution in [2.45, 2.75) is 45.6 Å². The van der Waals surface area contributed by atoms with Crippen LogP contribution in [0.5, 0.6) is 0 Å². The van der Waals surface area contributed by atoms with E-state index in [-0.39, 0.29) is 5.91 Å². The Morgan fingerprint density at radius 3 is 2.72 bits per heavy atom. The Morgan fingerprint density at radius 2 is 2.22 bits per heavy atom. The molecule has 0 saturated heterocycles. The van der Waals surface area contributed by atoms with Crippen LogP contribution in [0.2, 0.25) is 0 Å². The molecule has 0 aliphatic carbocycles. The molecule has 2 N–H and O–H groups in total. The van der Waals surface area contributed by atoms with Crippen LogP contribution in [0.4, 0.5) is 0 Å². The zero-order valence-corrected chi connectivity index (χ0v) is 12.4. The SMILES string of the molecule is CCCC(C)(N)C(=O)N(CC)CCc1cccs1. The molecule has 1 amide bonds. The summed E-state index contributed by atoms with van der Waals surface area (Å²) in [7, 11) is 0. The van der Waals surface area contributed by atoms with E-state index in [0.29, 0.717) is 0 Å². The van der Waals surface area contributed by atoms with Gasteiger partial charge in [-0.1, -0.05) is 19.4 Å². The molecule has 1 heterocycles. The molecule has 0 radical (unpaired) electrons. The highest BCUT2D eigenvalue weighted by atomic mass is 32.1. The van der Waals surface area contributed by atoms with Crippen LogP contribution < -0.4 is 5.73 Å². The molecule has 0 saturated carbocycles. The predicted molar refractivity (Wildman–Crippen MR) is 77.8 cm³/mol. The maximum Gasteiger partial charge on any atom is 0.242 e. The van der Waals surface area contributed by atoms with Crippen LogP contribution >= 0.6 is 11.3 Å². The van der Waals surface area contributed by atoms with E-state index in [1.54, 1.807) is 11.3 Å². The zero-order valence-electron chi connectivity index (χ0n) is 11.6. The van der Waals surface area contributed by atoms with Gasteiger partial charge >= 0.3 is 0 Å². The standard InChI is InChI=1S/C14H24N2OS/c1-4-9-14(3,15)13(17)16(5-2)10-8-12-7-6-11-18-12/h6-7,11H,4-5,8-10,15H2,1-3H3. The molecule has 1 aromatic rings. The summed E-state index contributed by atoms with van der Waals surface area (Å²) in [4.78, 5) is 15.5. The first kappa shape index (κ1) is 15.2. The molecule has 1 atom stereocenters. The highest BCUT2D eigenvalue weighted by molar-refractivity contribution is 7.09. The summed E-state index contributed by atoms with van der Waals surface area (Å²) in [6.45, 7) is 7.38. The fourth-order valence-electron chi connectivity index (χ4n) is 2.09. The van der Waals surface area contributed by atoms with Crippen LogP contribution in [-0.4, -0.2) is 29.4 Å². The molecule has 4 heteroatoms. The normalized spacial score (nSPS) is 14.2. The van der Waals surface area contributed by atoms with Gasteiger partial charge in [0.15, 0.2) is 0 Å². The molecular weight excluding hydrogens is 244 g/mol. The number of nitrogens with zero attached hydrogens (tertiary/aromatic N) is 1. The van der Waals surface area contributed by atoms with E-state index in [1.165, 1.54) is 4.88 Å². The van der Waals surface area contributed by atoms with Crippen molar-refractivity contribution in [3.8, 4) is 0 Å². The Balaban J connectivity index is 2.57. The fraction of sp³-hybridized carbons (Fsp3) is 0.643. The molecule has 0 aliphatic heterocycles. The number of rotatable bonds is 7. The first-order valence-corrected chi connectivity index (χ1v) is 7.50. The van der Waals surface area contributed by atoms with Crippen LogP contribution in [0.1, 0.15) is 38.5 Å². The zero-order chi connectivity index (χ0) is 13.6. The van der Waals surface area contributed by atoms with Crippen LogP contribution in [0.25, 0.3) is 0 Å². The quantitative estimate of drug-likeness (QED) is 0.826. The van der Waals surface area contributed by atoms with E-state index >= 15 is 0 Å². The van der Waals surface area contributed by atoms with Crippen LogP contribution in [0, 0.1) is 0 Å². The summed E-state index contributed by atoms with van der Waals surface area (Å²) in [5.41, 5.74) is 5.39. The number of thiophene rings is 1. The minimum absolute atomic E-state index is 0.0726. The number of carbonyl (C=O) groups is 1. The molecule has 18 heavy (non-hydrogen) atoms. The van der Waals surface area contributed by atoms with Gasteiger partial charge in [-0.05, 0) is 38.1 Å². The Kier molecular flexibility index (Phi) is 5.82. The summed E-state index contributed by atoms with van der Waals surface area (Å²) in [5.74, 6) is 0.0726. The van der Waals surface area contributed by atoms with E-state index in [1.807, 2.05) is 24.8 Å². The third-order valence-corrected chi connectivity index (χ3v) is 4.07. The van der Waals surface area contributed by atoms with Gasteiger partial charge in [-0.3, -0.25) is 4.79 Å². The minimum atomic E-state index is -0.722. The Bertz CT molecular complexity index is 360. The predicted octanol–water partition coefficient (Wildman–Crippen LogP) is 2.66. The van der Waals surface area contributed by atoms with Crippen molar-refractivity contribution in [1.82, 2.24) is 4.90 Å². The van der Waals surface area contributed by atoms with Crippen molar-refractivity contribution in [2.75, 3.05) is 13.1 Å². The lowest BCUT2D eigenvalue weighted by molar-refractivity contribution is -0.136. The van der Waals surface area contributed by atoms with Gasteiger partial charge in [0.05, 0.1) is 5.54 Å². The number of hydrogen-bond acceptors (Lipinski definition) is 3. The minimum Gasteiger partial charge on any atom is -0.341 e. The second kappa shape index (κ2) is 6.90. The Hall–Kier alpha value is -0.870. The highest BCUT2D eigenvalue weighted by Crippen LogP contribution is 2.15. The molecule has 102 valence electrons. The van der Waals surface area contributed by atoms with Gasteiger partial charge in [0.1, 0.15) is 0 Å². The number of likely N-dealkylation sites (N-methyl/N-ethyl adjacent to an activating group) is 1. The summed E-state index contributed by atoms with van der Waals surface area (Å²) in [6, 6.07) is 4.15. The van der Waals surface area contributed by atoms with Crippen LogP contribution in [0.3, 0.4) is 0 Å². The molecular formula is C14H24N2OS. The second-order valence-electron chi connectivity index (χ2n) is 4.88. The van der Waals surface area contributed by atoms with Crippen LogP contribution in [0.15, 0.2) is 17.5 Å². The summed E-state index contributed by atoms with van der Waals surface area (Å²) >= 11 is 1.74. The van der Waals surface area contributed by atoms with Crippen molar-refractivity contribution in [1.29, 1.82) is 0 Å². The Morgan fingerprint density at radius 1 is 1.50 bits per heavy atom. The van der Waals surface area contributed by atoms with E-state index in [9.17, 15) is 4.79 Å². The van der Waals surface area contributed by atoms with Gasteiger partial charge in [-0.25, -0.2) is 0 Å². The lowest BCUT2D eigenvalue weighted by Gasteiger charge is -2.31. The third kappa shape index (κ3) is 4.10. The third-order valence-electron chi connectivity index (χ3n) is 3.14. The largest absolute Gasteiger partial charge is 0.341 e. The number of hydrogen-bond donors (Lipinski definition) is 1. The summed E-state index contributed by atoms with van der Waals surface area (Å²) in [6.07, 6.45) is 2.59. The van der Waals surface area contributed by atoms with Gasteiger partial charge in [-0.15, -0.1) is 11.3 Å². The fourth-order valence-corrected chi connectivity index (χ4v) is 2.79.